The summed E-state index contributed by atoms with van der Waals surface area (Å²) in [5.41, 5.74) is 0.784. The first-order chi connectivity index (χ1) is 12.4. The van der Waals surface area contributed by atoms with E-state index in [-0.39, 0.29) is 24.0 Å². The Labute approximate surface area is 157 Å². The summed E-state index contributed by atoms with van der Waals surface area (Å²) in [5, 5.41) is 3.11. The van der Waals surface area contributed by atoms with Crippen molar-refractivity contribution in [2.24, 2.45) is 0 Å². The number of amides is 2. The van der Waals surface area contributed by atoms with Gasteiger partial charge in [0.05, 0.1) is 17.0 Å². The minimum absolute atomic E-state index is 0.152. The number of nitrogens with zero attached hydrogens (tertiary/aromatic N) is 1. The molecule has 1 aliphatic heterocycles. The number of hydrogen-bond donors (Lipinski definition) is 1. The maximum atomic E-state index is 12.8. The highest BCUT2D eigenvalue weighted by atomic mass is 32.1. The molecule has 0 spiro atoms. The van der Waals surface area contributed by atoms with E-state index in [1.807, 2.05) is 13.8 Å². The van der Waals surface area contributed by atoms with Crippen LogP contribution in [0, 0.1) is 6.92 Å². The molecule has 0 radical (unpaired) electrons. The summed E-state index contributed by atoms with van der Waals surface area (Å²) in [6.07, 6.45) is 0.961. The molecule has 1 N–H and O–H groups in total. The molecule has 1 aromatic rings. The molecule has 7 nitrogen and oxygen atoms in total. The second kappa shape index (κ2) is 9.14. The topological polar surface area (TPSA) is 84.9 Å². The lowest BCUT2D eigenvalue weighted by molar-refractivity contribution is -0.124. The molecule has 0 bridgehead atoms. The van der Waals surface area contributed by atoms with Gasteiger partial charge in [-0.1, -0.05) is 0 Å². The first-order valence-corrected chi connectivity index (χ1v) is 9.78. The van der Waals surface area contributed by atoms with Crippen LogP contribution in [0.3, 0.4) is 0 Å². The van der Waals surface area contributed by atoms with Crippen LogP contribution in [0.1, 0.15) is 59.2 Å². The first kappa shape index (κ1) is 20.4. The monoisotopic (exact) mass is 382 g/mol. The zero-order chi connectivity index (χ0) is 19.3. The van der Waals surface area contributed by atoms with E-state index in [4.69, 9.17) is 9.47 Å². The van der Waals surface area contributed by atoms with Gasteiger partial charge in [-0.25, -0.2) is 4.79 Å². The van der Waals surface area contributed by atoms with E-state index >= 15 is 0 Å². The van der Waals surface area contributed by atoms with Crippen LogP contribution in [0.2, 0.25) is 0 Å². The molecule has 8 heteroatoms. The first-order valence-electron chi connectivity index (χ1n) is 8.96. The summed E-state index contributed by atoms with van der Waals surface area (Å²) in [6, 6.07) is 0. The second-order valence-electron chi connectivity index (χ2n) is 5.95. The summed E-state index contributed by atoms with van der Waals surface area (Å²) >= 11 is 1.12. The molecule has 2 amide bonds. The fourth-order valence-corrected chi connectivity index (χ4v) is 4.05. The smallest absolute Gasteiger partial charge is 0.341 e. The van der Waals surface area contributed by atoms with Gasteiger partial charge in [0.25, 0.3) is 11.8 Å². The Kier molecular flexibility index (Phi) is 7.16. The zero-order valence-electron chi connectivity index (χ0n) is 15.7. The minimum atomic E-state index is -0.539. The molecule has 1 fully saturated rings. The van der Waals surface area contributed by atoms with Gasteiger partial charge in [-0.2, -0.15) is 0 Å². The molecule has 1 atom stereocenters. The third-order valence-corrected chi connectivity index (χ3v) is 5.53. The minimum Gasteiger partial charge on any atom is -0.462 e. The third kappa shape index (κ3) is 4.24. The van der Waals surface area contributed by atoms with Crippen molar-refractivity contribution in [3.05, 3.63) is 16.0 Å². The van der Waals surface area contributed by atoms with Gasteiger partial charge < -0.3 is 19.7 Å². The summed E-state index contributed by atoms with van der Waals surface area (Å²) < 4.78 is 10.5. The maximum absolute atomic E-state index is 12.8. The second-order valence-corrected chi connectivity index (χ2v) is 6.97. The van der Waals surface area contributed by atoms with Gasteiger partial charge in [0.15, 0.2) is 0 Å². The molecule has 26 heavy (non-hydrogen) atoms. The van der Waals surface area contributed by atoms with Crippen molar-refractivity contribution in [1.29, 1.82) is 0 Å². The van der Waals surface area contributed by atoms with E-state index in [1.54, 1.807) is 18.7 Å². The maximum Gasteiger partial charge on any atom is 0.341 e. The van der Waals surface area contributed by atoms with Crippen molar-refractivity contribution in [3.63, 3.8) is 0 Å². The number of nitrogens with one attached hydrogen (secondary N) is 1. The SMILES string of the molecule is CCOC(=O)c1c(NC(=O)[C@@H]2CCCO2)sc(C(=O)N(CC)CC)c1C. The Morgan fingerprint density at radius 1 is 1.27 bits per heavy atom. The van der Waals surface area contributed by atoms with Gasteiger partial charge in [0.1, 0.15) is 11.1 Å². The quantitative estimate of drug-likeness (QED) is 0.733. The standard InChI is InChI=1S/C18H26N2O5S/c1-5-20(6-2)17(22)14-11(4)13(18(23)24-7-3)16(26-14)19-15(21)12-9-8-10-25-12/h12H,5-10H2,1-4H3,(H,19,21)/t12-/m0/s1. The van der Waals surface area contributed by atoms with E-state index < -0.39 is 12.1 Å². The molecule has 0 saturated carbocycles. The molecular formula is C18H26N2O5S. The van der Waals surface area contributed by atoms with Crippen LogP contribution >= 0.6 is 11.3 Å². The molecule has 0 aromatic carbocycles. The summed E-state index contributed by atoms with van der Waals surface area (Å²) in [5.74, 6) is -0.987. The van der Waals surface area contributed by atoms with E-state index in [0.717, 1.165) is 17.8 Å². The normalized spacial score (nSPS) is 16.4. The number of rotatable bonds is 7. The molecule has 0 aliphatic carbocycles. The highest BCUT2D eigenvalue weighted by Gasteiger charge is 2.30. The number of carbonyl (C=O) groups is 3. The van der Waals surface area contributed by atoms with Crippen LogP contribution in [-0.2, 0) is 14.3 Å². The molecule has 2 heterocycles. The molecule has 1 aliphatic rings. The highest BCUT2D eigenvalue weighted by molar-refractivity contribution is 7.18. The lowest BCUT2D eigenvalue weighted by Gasteiger charge is -2.18. The Hall–Kier alpha value is -1.93. The summed E-state index contributed by atoms with van der Waals surface area (Å²) in [7, 11) is 0. The fourth-order valence-electron chi connectivity index (χ4n) is 2.89. The predicted molar refractivity (Wildman–Crippen MR) is 99.9 cm³/mol. The average molecular weight is 382 g/mol. The van der Waals surface area contributed by atoms with Gasteiger partial charge in [-0.05, 0) is 46.1 Å². The van der Waals surface area contributed by atoms with E-state index in [2.05, 4.69) is 5.32 Å². The Balaban J connectivity index is 2.37. The molecular weight excluding hydrogens is 356 g/mol. The molecule has 0 unspecified atom stereocenters. The van der Waals surface area contributed by atoms with Crippen LogP contribution in [0.5, 0.6) is 0 Å². The van der Waals surface area contributed by atoms with Gasteiger partial charge in [-0.3, -0.25) is 9.59 Å². The number of anilines is 1. The Morgan fingerprint density at radius 2 is 1.96 bits per heavy atom. The van der Waals surface area contributed by atoms with Gasteiger partial charge >= 0.3 is 5.97 Å². The van der Waals surface area contributed by atoms with Crippen LogP contribution in [-0.4, -0.2) is 55.1 Å². The van der Waals surface area contributed by atoms with Crippen molar-refractivity contribution < 1.29 is 23.9 Å². The summed E-state index contributed by atoms with van der Waals surface area (Å²) in [4.78, 5) is 39.7. The van der Waals surface area contributed by atoms with Crippen LogP contribution < -0.4 is 5.32 Å². The lowest BCUT2D eigenvalue weighted by Crippen LogP contribution is -2.30. The predicted octanol–water partition coefficient (Wildman–Crippen LogP) is 2.83. The molecule has 144 valence electrons. The van der Waals surface area contributed by atoms with Crippen molar-refractivity contribution in [2.45, 2.75) is 46.6 Å². The van der Waals surface area contributed by atoms with Crippen LogP contribution in [0.15, 0.2) is 0 Å². The Morgan fingerprint density at radius 3 is 2.50 bits per heavy atom. The fraction of sp³-hybridized carbons (Fsp3) is 0.611. The van der Waals surface area contributed by atoms with E-state index in [9.17, 15) is 14.4 Å². The molecule has 2 rings (SSSR count). The van der Waals surface area contributed by atoms with Crippen molar-refractivity contribution in [1.82, 2.24) is 4.90 Å². The van der Waals surface area contributed by atoms with Gasteiger partial charge in [0.2, 0.25) is 0 Å². The van der Waals surface area contributed by atoms with E-state index in [1.165, 1.54) is 0 Å². The van der Waals surface area contributed by atoms with Crippen molar-refractivity contribution >= 4 is 34.1 Å². The third-order valence-electron chi connectivity index (χ3n) is 4.33. The number of hydrogen-bond acceptors (Lipinski definition) is 6. The van der Waals surface area contributed by atoms with Crippen LogP contribution in [0.4, 0.5) is 5.00 Å². The van der Waals surface area contributed by atoms with Crippen molar-refractivity contribution in [2.75, 3.05) is 31.6 Å². The zero-order valence-corrected chi connectivity index (χ0v) is 16.5. The highest BCUT2D eigenvalue weighted by Crippen LogP contribution is 2.35. The molecule has 1 aromatic heterocycles. The van der Waals surface area contributed by atoms with Crippen molar-refractivity contribution in [3.8, 4) is 0 Å². The van der Waals surface area contributed by atoms with E-state index in [0.29, 0.717) is 41.6 Å². The largest absolute Gasteiger partial charge is 0.462 e. The number of carbonyl (C=O) groups excluding carboxylic acids is 3. The Bertz CT molecular complexity index is 675. The number of thiophene rings is 1. The van der Waals surface area contributed by atoms with Gasteiger partial charge in [0, 0.05) is 19.7 Å². The molecule has 1 saturated heterocycles. The lowest BCUT2D eigenvalue weighted by atomic mass is 10.1. The van der Waals surface area contributed by atoms with Gasteiger partial charge in [-0.15, -0.1) is 11.3 Å². The average Bonchev–Trinajstić information content (AvgIpc) is 3.24. The van der Waals surface area contributed by atoms with Crippen LogP contribution in [0.25, 0.3) is 0 Å². The summed E-state index contributed by atoms with van der Waals surface area (Å²) in [6.45, 7) is 9.13. The number of ether oxygens (including phenoxy) is 2. The number of esters is 1.